The number of rotatable bonds is 2. The van der Waals surface area contributed by atoms with E-state index in [0.29, 0.717) is 29.5 Å². The predicted molar refractivity (Wildman–Crippen MR) is 62.6 cm³/mol. The zero-order valence-corrected chi connectivity index (χ0v) is 10.0. The molecule has 1 aliphatic heterocycles. The summed E-state index contributed by atoms with van der Waals surface area (Å²) in [5.41, 5.74) is 3.55. The van der Waals surface area contributed by atoms with Gasteiger partial charge in [-0.2, -0.15) is 0 Å². The maximum absolute atomic E-state index is 11.9. The molecule has 0 saturated carbocycles. The Kier molecular flexibility index (Phi) is 2.33. The Morgan fingerprint density at radius 2 is 2.06 bits per heavy atom. The molecule has 0 radical (unpaired) electrons. The zero-order valence-electron chi connectivity index (χ0n) is 10.0. The van der Waals surface area contributed by atoms with Gasteiger partial charge in [-0.05, 0) is 30.5 Å². The van der Waals surface area contributed by atoms with Gasteiger partial charge in [0.2, 0.25) is 0 Å². The van der Waals surface area contributed by atoms with Crippen LogP contribution in [-0.2, 0) is 29.0 Å². The lowest BCUT2D eigenvalue weighted by Crippen LogP contribution is -2.07. The smallest absolute Gasteiger partial charge is 0.338 e. The van der Waals surface area contributed by atoms with Crippen LogP contribution in [-0.4, -0.2) is 17.5 Å². The highest BCUT2D eigenvalue weighted by Crippen LogP contribution is 2.35. The maximum atomic E-state index is 11.9. The summed E-state index contributed by atoms with van der Waals surface area (Å²) in [5, 5.41) is 0. The molecule has 18 heavy (non-hydrogen) atoms. The molecule has 1 heterocycles. The molecule has 0 aromatic heterocycles. The van der Waals surface area contributed by atoms with Gasteiger partial charge in [0.05, 0.1) is 5.56 Å². The Labute approximate surface area is 104 Å². The first-order valence-corrected chi connectivity index (χ1v) is 5.95. The SMILES string of the molecule is CC(=O)Cc1cc2c(c3c1CCC3=O)COC2=O. The second-order valence-electron chi connectivity index (χ2n) is 4.79. The van der Waals surface area contributed by atoms with Crippen molar-refractivity contribution in [1.29, 1.82) is 0 Å². The van der Waals surface area contributed by atoms with Crippen LogP contribution in [0.1, 0.15) is 50.8 Å². The van der Waals surface area contributed by atoms with E-state index in [-0.39, 0.29) is 24.6 Å². The Morgan fingerprint density at radius 1 is 1.28 bits per heavy atom. The fourth-order valence-corrected chi connectivity index (χ4v) is 2.78. The summed E-state index contributed by atoms with van der Waals surface area (Å²) in [7, 11) is 0. The third-order valence-electron chi connectivity index (χ3n) is 3.52. The summed E-state index contributed by atoms with van der Waals surface area (Å²) in [5.74, 6) is -0.301. The number of ether oxygens (including phenoxy) is 1. The van der Waals surface area contributed by atoms with Gasteiger partial charge in [-0.3, -0.25) is 9.59 Å². The first-order chi connectivity index (χ1) is 8.58. The number of carbonyl (C=O) groups excluding carboxylic acids is 3. The van der Waals surface area contributed by atoms with E-state index in [9.17, 15) is 14.4 Å². The lowest BCUT2D eigenvalue weighted by Gasteiger charge is -2.09. The molecule has 0 bridgehead atoms. The quantitative estimate of drug-likeness (QED) is 0.742. The van der Waals surface area contributed by atoms with Crippen LogP contribution < -0.4 is 0 Å². The number of fused-ring (bicyclic) bond motifs is 3. The van der Waals surface area contributed by atoms with Gasteiger partial charge in [0, 0.05) is 24.0 Å². The van der Waals surface area contributed by atoms with Gasteiger partial charge < -0.3 is 4.74 Å². The minimum Gasteiger partial charge on any atom is -0.457 e. The number of benzene rings is 1. The molecular formula is C14H12O4. The summed E-state index contributed by atoms with van der Waals surface area (Å²) in [6.45, 7) is 1.69. The molecule has 0 fully saturated rings. The second kappa shape index (κ2) is 3.77. The Bertz CT molecular complexity index is 598. The van der Waals surface area contributed by atoms with E-state index in [1.807, 2.05) is 0 Å². The second-order valence-corrected chi connectivity index (χ2v) is 4.79. The van der Waals surface area contributed by atoms with Crippen LogP contribution in [0.25, 0.3) is 0 Å². The van der Waals surface area contributed by atoms with E-state index in [1.54, 1.807) is 6.07 Å². The van der Waals surface area contributed by atoms with Crippen molar-refractivity contribution in [3.63, 3.8) is 0 Å². The lowest BCUT2D eigenvalue weighted by atomic mass is 9.92. The number of carbonyl (C=O) groups is 3. The number of Topliss-reactive ketones (excluding diaryl/α,β-unsaturated/α-hetero) is 2. The van der Waals surface area contributed by atoms with Crippen molar-refractivity contribution in [1.82, 2.24) is 0 Å². The Balaban J connectivity index is 2.24. The van der Waals surface area contributed by atoms with Gasteiger partial charge in [0.25, 0.3) is 0 Å². The molecule has 3 rings (SSSR count). The standard InChI is InChI=1S/C14H12O4/c1-7(15)4-8-5-10-11(6-18-14(10)17)13-9(8)2-3-12(13)16/h5H,2-4,6H2,1H3. The fourth-order valence-electron chi connectivity index (χ4n) is 2.78. The largest absolute Gasteiger partial charge is 0.457 e. The molecule has 0 amide bonds. The topological polar surface area (TPSA) is 60.4 Å². The normalized spacial score (nSPS) is 16.5. The van der Waals surface area contributed by atoms with E-state index in [4.69, 9.17) is 4.74 Å². The number of cyclic esters (lactones) is 1. The van der Waals surface area contributed by atoms with Crippen LogP contribution in [0.15, 0.2) is 6.07 Å². The minimum absolute atomic E-state index is 0.0304. The van der Waals surface area contributed by atoms with Gasteiger partial charge in [-0.15, -0.1) is 0 Å². The molecule has 4 nitrogen and oxygen atoms in total. The van der Waals surface area contributed by atoms with Crippen molar-refractivity contribution >= 4 is 17.5 Å². The number of ketones is 2. The molecule has 0 atom stereocenters. The third-order valence-corrected chi connectivity index (χ3v) is 3.52. The molecule has 1 aliphatic carbocycles. The minimum atomic E-state index is -0.391. The molecule has 0 saturated heterocycles. The van der Waals surface area contributed by atoms with Crippen molar-refractivity contribution < 1.29 is 19.1 Å². The van der Waals surface area contributed by atoms with Crippen molar-refractivity contribution in [2.45, 2.75) is 32.8 Å². The van der Waals surface area contributed by atoms with Crippen LogP contribution in [0.4, 0.5) is 0 Å². The van der Waals surface area contributed by atoms with Gasteiger partial charge in [0.1, 0.15) is 12.4 Å². The van der Waals surface area contributed by atoms with Gasteiger partial charge in [-0.1, -0.05) is 0 Å². The molecule has 0 N–H and O–H groups in total. The van der Waals surface area contributed by atoms with E-state index in [2.05, 4.69) is 0 Å². The molecule has 92 valence electrons. The predicted octanol–water partition coefficient (Wildman–Crippen LogP) is 1.62. The Hall–Kier alpha value is -1.97. The summed E-state index contributed by atoms with van der Waals surface area (Å²) < 4.78 is 4.98. The molecule has 1 aromatic carbocycles. The molecule has 1 aromatic rings. The van der Waals surface area contributed by atoms with Gasteiger partial charge >= 0.3 is 5.97 Å². The average molecular weight is 244 g/mol. The maximum Gasteiger partial charge on any atom is 0.338 e. The van der Waals surface area contributed by atoms with Crippen LogP contribution in [0, 0.1) is 0 Å². The summed E-state index contributed by atoms with van der Waals surface area (Å²) in [6.07, 6.45) is 1.40. The first kappa shape index (κ1) is 11.1. The highest BCUT2D eigenvalue weighted by atomic mass is 16.5. The highest BCUT2D eigenvalue weighted by Gasteiger charge is 2.33. The van der Waals surface area contributed by atoms with Gasteiger partial charge in [0.15, 0.2) is 5.78 Å². The van der Waals surface area contributed by atoms with Crippen LogP contribution in [0.3, 0.4) is 0 Å². The van der Waals surface area contributed by atoms with Crippen molar-refractivity contribution in [3.8, 4) is 0 Å². The summed E-state index contributed by atoms with van der Waals surface area (Å²) >= 11 is 0. The van der Waals surface area contributed by atoms with E-state index >= 15 is 0 Å². The number of hydrogen-bond donors (Lipinski definition) is 0. The molecule has 0 spiro atoms. The van der Waals surface area contributed by atoms with Crippen LogP contribution in [0.5, 0.6) is 0 Å². The molecule has 0 unspecified atom stereocenters. The molecule has 2 aliphatic rings. The van der Waals surface area contributed by atoms with Crippen LogP contribution in [0.2, 0.25) is 0 Å². The van der Waals surface area contributed by atoms with E-state index < -0.39 is 5.97 Å². The number of esters is 1. The average Bonchev–Trinajstić information content (AvgIpc) is 2.84. The lowest BCUT2D eigenvalue weighted by molar-refractivity contribution is -0.116. The number of hydrogen-bond acceptors (Lipinski definition) is 4. The Morgan fingerprint density at radius 3 is 2.78 bits per heavy atom. The summed E-state index contributed by atoms with van der Waals surface area (Å²) in [4.78, 5) is 34.8. The monoisotopic (exact) mass is 244 g/mol. The van der Waals surface area contributed by atoms with E-state index in [0.717, 1.165) is 11.1 Å². The van der Waals surface area contributed by atoms with E-state index in [1.165, 1.54) is 6.92 Å². The first-order valence-electron chi connectivity index (χ1n) is 5.95. The fraction of sp³-hybridized carbons (Fsp3) is 0.357. The van der Waals surface area contributed by atoms with Crippen molar-refractivity contribution in [2.24, 2.45) is 0 Å². The van der Waals surface area contributed by atoms with Gasteiger partial charge in [-0.25, -0.2) is 4.79 Å². The van der Waals surface area contributed by atoms with Crippen molar-refractivity contribution in [2.75, 3.05) is 0 Å². The zero-order chi connectivity index (χ0) is 12.9. The summed E-state index contributed by atoms with van der Waals surface area (Å²) in [6, 6.07) is 1.73. The van der Waals surface area contributed by atoms with Crippen LogP contribution >= 0.6 is 0 Å². The third kappa shape index (κ3) is 1.49. The molecule has 4 heteroatoms. The highest BCUT2D eigenvalue weighted by molar-refractivity contribution is 6.06. The van der Waals surface area contributed by atoms with Crippen molar-refractivity contribution in [3.05, 3.63) is 33.9 Å². The molecular weight excluding hydrogens is 232 g/mol.